The minimum Gasteiger partial charge on any atom is -0.443 e. The molecule has 0 aromatic heterocycles. The Kier molecular flexibility index (Phi) is 14.2. The largest absolute Gasteiger partial charge is 0.443 e. The van der Waals surface area contributed by atoms with Crippen LogP contribution < -0.4 is 0 Å². The van der Waals surface area contributed by atoms with Crippen molar-refractivity contribution in [2.24, 2.45) is 0 Å². The summed E-state index contributed by atoms with van der Waals surface area (Å²) in [4.78, 5) is 14.0. The fourth-order valence-electron chi connectivity index (χ4n) is 2.80. The van der Waals surface area contributed by atoms with Crippen molar-refractivity contribution < 1.29 is 9.53 Å². The van der Waals surface area contributed by atoms with Gasteiger partial charge in [-0.3, -0.25) is 4.90 Å². The molecule has 0 heterocycles. The third kappa shape index (κ3) is 11.4. The maximum absolute atomic E-state index is 11.8. The van der Waals surface area contributed by atoms with Crippen LogP contribution in [0.3, 0.4) is 0 Å². The first kappa shape index (κ1) is 22.2. The number of nitrogens with zero attached hydrogens (tertiary/aromatic N) is 1. The van der Waals surface area contributed by atoms with Gasteiger partial charge in [0.25, 0.3) is 0 Å². The molecular weight excluding hydrogens is 286 g/mol. The molecule has 0 radical (unpaired) electrons. The van der Waals surface area contributed by atoms with Crippen LogP contribution >= 0.6 is 0 Å². The maximum Gasteiger partial charge on any atom is 0.334 e. The Morgan fingerprint density at radius 1 is 0.913 bits per heavy atom. The lowest BCUT2D eigenvalue weighted by Gasteiger charge is -2.29. The zero-order valence-corrected chi connectivity index (χ0v) is 16.0. The van der Waals surface area contributed by atoms with Crippen LogP contribution in [0.4, 0.5) is 0 Å². The molecule has 0 aliphatic rings. The number of esters is 1. The summed E-state index contributed by atoms with van der Waals surface area (Å²) in [5, 5.41) is 0. The summed E-state index contributed by atoms with van der Waals surface area (Å²) in [6.45, 7) is 13.7. The first-order valence-electron chi connectivity index (χ1n) is 9.67. The molecule has 23 heavy (non-hydrogen) atoms. The van der Waals surface area contributed by atoms with E-state index in [9.17, 15) is 4.79 Å². The molecule has 0 spiro atoms. The van der Waals surface area contributed by atoms with E-state index in [4.69, 9.17) is 4.74 Å². The summed E-state index contributed by atoms with van der Waals surface area (Å²) < 4.78 is 5.62. The molecule has 0 fully saturated rings. The Morgan fingerprint density at radius 3 is 1.83 bits per heavy atom. The van der Waals surface area contributed by atoms with Gasteiger partial charge in [0.2, 0.25) is 0 Å². The highest BCUT2D eigenvalue weighted by Crippen LogP contribution is 2.15. The van der Waals surface area contributed by atoms with E-state index in [0.717, 1.165) is 25.9 Å². The third-order valence-corrected chi connectivity index (χ3v) is 4.37. The molecule has 0 saturated heterocycles. The second-order valence-electron chi connectivity index (χ2n) is 6.48. The maximum atomic E-state index is 11.8. The van der Waals surface area contributed by atoms with Gasteiger partial charge in [-0.25, -0.2) is 4.79 Å². The van der Waals surface area contributed by atoms with Crippen LogP contribution in [0, 0.1) is 0 Å². The first-order chi connectivity index (χ1) is 11.1. The second-order valence-corrected chi connectivity index (χ2v) is 6.48. The Bertz CT molecular complexity index is 311. The number of ether oxygens (including phenoxy) is 1. The molecule has 0 saturated carbocycles. The number of carbonyl (C=O) groups is 1. The molecule has 0 rings (SSSR count). The minimum absolute atomic E-state index is 0.0984. The van der Waals surface area contributed by atoms with Crippen LogP contribution in [-0.2, 0) is 9.53 Å². The molecule has 0 aliphatic heterocycles. The van der Waals surface area contributed by atoms with Gasteiger partial charge in [-0.2, -0.15) is 0 Å². The van der Waals surface area contributed by atoms with Crippen LogP contribution in [0.1, 0.15) is 91.9 Å². The fraction of sp³-hybridized carbons (Fsp3) is 0.850. The van der Waals surface area contributed by atoms with Gasteiger partial charge in [0, 0.05) is 5.57 Å². The summed E-state index contributed by atoms with van der Waals surface area (Å²) >= 11 is 0. The third-order valence-electron chi connectivity index (χ3n) is 4.37. The Morgan fingerprint density at radius 2 is 1.39 bits per heavy atom. The second kappa shape index (κ2) is 14.7. The fourth-order valence-corrected chi connectivity index (χ4v) is 2.80. The van der Waals surface area contributed by atoms with E-state index in [-0.39, 0.29) is 12.2 Å². The minimum atomic E-state index is -0.266. The molecule has 1 atom stereocenters. The average Bonchev–Trinajstić information content (AvgIpc) is 2.53. The van der Waals surface area contributed by atoms with Gasteiger partial charge in [0.1, 0.15) is 0 Å². The molecule has 0 N–H and O–H groups in total. The molecule has 0 bridgehead atoms. The quantitative estimate of drug-likeness (QED) is 0.167. The monoisotopic (exact) mass is 325 g/mol. The van der Waals surface area contributed by atoms with Crippen LogP contribution in [0.2, 0.25) is 0 Å². The topological polar surface area (TPSA) is 29.5 Å². The first-order valence-corrected chi connectivity index (χ1v) is 9.67. The molecule has 0 aliphatic carbocycles. The van der Waals surface area contributed by atoms with E-state index in [2.05, 4.69) is 32.3 Å². The van der Waals surface area contributed by atoms with E-state index in [1.165, 1.54) is 51.4 Å². The summed E-state index contributed by atoms with van der Waals surface area (Å²) in [5.74, 6) is -0.266. The van der Waals surface area contributed by atoms with E-state index >= 15 is 0 Å². The van der Waals surface area contributed by atoms with Gasteiger partial charge in [-0.05, 0) is 32.9 Å². The van der Waals surface area contributed by atoms with Crippen LogP contribution in [0.15, 0.2) is 12.2 Å². The van der Waals surface area contributed by atoms with E-state index in [0.29, 0.717) is 5.57 Å². The average molecular weight is 326 g/mol. The van der Waals surface area contributed by atoms with Crippen LogP contribution in [-0.4, -0.2) is 30.2 Å². The zero-order valence-electron chi connectivity index (χ0n) is 16.0. The standard InChI is InChI=1S/C20H39NO2/c1-6-9-10-11-12-13-14-15-16-17-19(21(7-2)8-3)23-20(22)18(4)5/h19H,4,6-17H2,1-3,5H3. The van der Waals surface area contributed by atoms with Crippen molar-refractivity contribution in [1.29, 1.82) is 0 Å². The Labute approximate surface area is 144 Å². The normalized spacial score (nSPS) is 12.4. The number of hydrogen-bond acceptors (Lipinski definition) is 3. The predicted octanol–water partition coefficient (Wildman–Crippen LogP) is 5.69. The molecule has 3 heteroatoms. The van der Waals surface area contributed by atoms with Crippen molar-refractivity contribution in [3.63, 3.8) is 0 Å². The van der Waals surface area contributed by atoms with Gasteiger partial charge in [0.15, 0.2) is 6.23 Å². The van der Waals surface area contributed by atoms with Gasteiger partial charge in [0.05, 0.1) is 0 Å². The van der Waals surface area contributed by atoms with Crippen molar-refractivity contribution in [2.75, 3.05) is 13.1 Å². The predicted molar refractivity (Wildman–Crippen MR) is 99.5 cm³/mol. The smallest absolute Gasteiger partial charge is 0.334 e. The van der Waals surface area contributed by atoms with Crippen LogP contribution in [0.25, 0.3) is 0 Å². The number of carbonyl (C=O) groups excluding carboxylic acids is 1. The number of hydrogen-bond donors (Lipinski definition) is 0. The molecule has 0 amide bonds. The van der Waals surface area contributed by atoms with Crippen molar-refractivity contribution in [3.05, 3.63) is 12.2 Å². The van der Waals surface area contributed by atoms with Crippen molar-refractivity contribution in [3.8, 4) is 0 Å². The molecule has 3 nitrogen and oxygen atoms in total. The van der Waals surface area contributed by atoms with Crippen LogP contribution in [0.5, 0.6) is 0 Å². The van der Waals surface area contributed by atoms with Crippen molar-refractivity contribution >= 4 is 5.97 Å². The van der Waals surface area contributed by atoms with Crippen molar-refractivity contribution in [1.82, 2.24) is 4.90 Å². The lowest BCUT2D eigenvalue weighted by molar-refractivity contribution is -0.154. The van der Waals surface area contributed by atoms with Gasteiger partial charge < -0.3 is 4.74 Å². The van der Waals surface area contributed by atoms with E-state index in [1.807, 2.05) is 0 Å². The summed E-state index contributed by atoms with van der Waals surface area (Å²) in [7, 11) is 0. The Hall–Kier alpha value is -0.830. The van der Waals surface area contributed by atoms with Crippen molar-refractivity contribution in [2.45, 2.75) is 98.1 Å². The lowest BCUT2D eigenvalue weighted by Crippen LogP contribution is -2.38. The highest BCUT2D eigenvalue weighted by Gasteiger charge is 2.19. The number of rotatable bonds is 15. The highest BCUT2D eigenvalue weighted by atomic mass is 16.6. The Balaban J connectivity index is 3.96. The zero-order chi connectivity index (χ0) is 17.5. The molecule has 0 aromatic rings. The van der Waals surface area contributed by atoms with Gasteiger partial charge in [-0.15, -0.1) is 0 Å². The molecule has 136 valence electrons. The molecule has 1 unspecified atom stereocenters. The van der Waals surface area contributed by atoms with Gasteiger partial charge >= 0.3 is 5.97 Å². The lowest BCUT2D eigenvalue weighted by atomic mass is 10.1. The number of unbranched alkanes of at least 4 members (excludes halogenated alkanes) is 8. The molecule has 0 aromatic carbocycles. The summed E-state index contributed by atoms with van der Waals surface area (Å²) in [6, 6.07) is 0. The SMILES string of the molecule is C=C(C)C(=O)OC(CCCCCCCCCCC)N(CC)CC. The summed E-state index contributed by atoms with van der Waals surface area (Å²) in [6.07, 6.45) is 12.6. The highest BCUT2D eigenvalue weighted by molar-refractivity contribution is 5.87. The molecular formula is C20H39NO2. The summed E-state index contributed by atoms with van der Waals surface area (Å²) in [5.41, 5.74) is 0.481. The van der Waals surface area contributed by atoms with E-state index in [1.54, 1.807) is 6.92 Å². The van der Waals surface area contributed by atoms with E-state index < -0.39 is 0 Å². The van der Waals surface area contributed by atoms with Gasteiger partial charge in [-0.1, -0.05) is 78.7 Å².